The maximum atomic E-state index is 12.3. The predicted octanol–water partition coefficient (Wildman–Crippen LogP) is 3.51. The Morgan fingerprint density at radius 1 is 1.09 bits per heavy atom. The molecule has 2 aromatic rings. The van der Waals surface area contributed by atoms with Gasteiger partial charge in [0.1, 0.15) is 0 Å². The highest BCUT2D eigenvalue weighted by Crippen LogP contribution is 2.19. The Balaban J connectivity index is 1.84. The van der Waals surface area contributed by atoms with E-state index < -0.39 is 6.10 Å². The van der Waals surface area contributed by atoms with Crippen molar-refractivity contribution in [3.05, 3.63) is 66.2 Å². The van der Waals surface area contributed by atoms with Crippen LogP contribution in [0.3, 0.4) is 0 Å². The molecule has 2 aromatic carbocycles. The number of carbonyl (C=O) groups is 1. The van der Waals surface area contributed by atoms with Crippen molar-refractivity contribution in [1.82, 2.24) is 0 Å². The molecule has 0 spiro atoms. The van der Waals surface area contributed by atoms with E-state index in [0.29, 0.717) is 18.1 Å². The van der Waals surface area contributed by atoms with Crippen LogP contribution in [0.15, 0.2) is 60.7 Å². The fraction of sp³-hybridized carbons (Fsp3) is 0.278. The summed E-state index contributed by atoms with van der Waals surface area (Å²) in [6.45, 7) is 2.61. The lowest BCUT2D eigenvalue weighted by Crippen LogP contribution is -2.32. The molecule has 0 saturated carbocycles. The van der Waals surface area contributed by atoms with E-state index >= 15 is 0 Å². The molecule has 0 fully saturated rings. The van der Waals surface area contributed by atoms with E-state index in [1.807, 2.05) is 67.6 Å². The summed E-state index contributed by atoms with van der Waals surface area (Å²) >= 11 is 1.46. The third-order valence-electron chi connectivity index (χ3n) is 3.37. The first-order valence-corrected chi connectivity index (χ1v) is 8.54. The van der Waals surface area contributed by atoms with Crippen molar-refractivity contribution in [3.8, 4) is 0 Å². The number of rotatable bonds is 7. The van der Waals surface area contributed by atoms with Gasteiger partial charge in [-0.3, -0.25) is 4.79 Å². The van der Waals surface area contributed by atoms with Gasteiger partial charge in [-0.2, -0.15) is 0 Å². The average molecular weight is 315 g/mol. The van der Waals surface area contributed by atoms with Gasteiger partial charge in [-0.1, -0.05) is 48.5 Å². The van der Waals surface area contributed by atoms with Gasteiger partial charge in [-0.05, 0) is 24.6 Å². The fourth-order valence-corrected chi connectivity index (χ4v) is 3.08. The van der Waals surface area contributed by atoms with E-state index in [4.69, 9.17) is 0 Å². The van der Waals surface area contributed by atoms with E-state index in [9.17, 15) is 9.90 Å². The van der Waals surface area contributed by atoms with Gasteiger partial charge >= 0.3 is 0 Å². The number of aliphatic hydroxyl groups excluding tert-OH is 1. The standard InChI is InChI=1S/C18H21NO2S/c1-2-19(16-11-7-4-8-12-16)18(21)14-22-13-17(20)15-9-5-3-6-10-15/h3-12,17,20H,2,13-14H2,1H3. The number of anilines is 1. The highest BCUT2D eigenvalue weighted by molar-refractivity contribution is 8.00. The normalized spacial score (nSPS) is 11.9. The zero-order valence-corrected chi connectivity index (χ0v) is 13.5. The smallest absolute Gasteiger partial charge is 0.236 e. The van der Waals surface area contributed by atoms with E-state index in [-0.39, 0.29) is 5.91 Å². The minimum absolute atomic E-state index is 0.0685. The molecule has 0 saturated heterocycles. The molecule has 1 atom stereocenters. The highest BCUT2D eigenvalue weighted by Gasteiger charge is 2.15. The maximum Gasteiger partial charge on any atom is 0.236 e. The van der Waals surface area contributed by atoms with Gasteiger partial charge in [0.25, 0.3) is 0 Å². The molecule has 0 aliphatic heterocycles. The van der Waals surface area contributed by atoms with Crippen LogP contribution < -0.4 is 4.90 Å². The van der Waals surface area contributed by atoms with Crippen LogP contribution in [0.4, 0.5) is 5.69 Å². The lowest BCUT2D eigenvalue weighted by atomic mass is 10.1. The Bertz CT molecular complexity index is 574. The molecule has 0 heterocycles. The van der Waals surface area contributed by atoms with Crippen LogP contribution in [-0.2, 0) is 4.79 Å². The first kappa shape index (κ1) is 16.6. The number of amides is 1. The molecule has 116 valence electrons. The molecule has 1 N–H and O–H groups in total. The molecule has 0 radical (unpaired) electrons. The molecular formula is C18H21NO2S. The molecule has 3 nitrogen and oxygen atoms in total. The second kappa shape index (κ2) is 8.61. The Hall–Kier alpha value is -1.78. The van der Waals surface area contributed by atoms with Crippen LogP contribution in [0.2, 0.25) is 0 Å². The van der Waals surface area contributed by atoms with Crippen molar-refractivity contribution in [1.29, 1.82) is 0 Å². The van der Waals surface area contributed by atoms with Crippen LogP contribution in [0.1, 0.15) is 18.6 Å². The first-order valence-electron chi connectivity index (χ1n) is 7.38. The molecule has 1 amide bonds. The molecule has 4 heteroatoms. The van der Waals surface area contributed by atoms with Gasteiger partial charge in [0.05, 0.1) is 11.9 Å². The first-order chi connectivity index (χ1) is 10.7. The number of para-hydroxylation sites is 1. The van der Waals surface area contributed by atoms with E-state index in [0.717, 1.165) is 11.3 Å². The largest absolute Gasteiger partial charge is 0.388 e. The van der Waals surface area contributed by atoms with Crippen LogP contribution >= 0.6 is 11.8 Å². The van der Waals surface area contributed by atoms with Gasteiger partial charge in [0.2, 0.25) is 5.91 Å². The van der Waals surface area contributed by atoms with Gasteiger partial charge in [0, 0.05) is 18.0 Å². The van der Waals surface area contributed by atoms with Crippen LogP contribution in [0.25, 0.3) is 0 Å². The van der Waals surface area contributed by atoms with Gasteiger partial charge in [-0.25, -0.2) is 0 Å². The number of aliphatic hydroxyl groups is 1. The van der Waals surface area contributed by atoms with Crippen molar-refractivity contribution in [2.24, 2.45) is 0 Å². The summed E-state index contributed by atoms with van der Waals surface area (Å²) in [4.78, 5) is 14.1. The molecule has 2 rings (SSSR count). The number of nitrogens with zero attached hydrogens (tertiary/aromatic N) is 1. The summed E-state index contributed by atoms with van der Waals surface area (Å²) < 4.78 is 0. The SMILES string of the molecule is CCN(C(=O)CSCC(O)c1ccccc1)c1ccccc1. The summed E-state index contributed by atoms with van der Waals surface area (Å²) in [5.41, 5.74) is 1.80. The van der Waals surface area contributed by atoms with Crippen molar-refractivity contribution in [3.63, 3.8) is 0 Å². The quantitative estimate of drug-likeness (QED) is 0.850. The van der Waals surface area contributed by atoms with Gasteiger partial charge in [0.15, 0.2) is 0 Å². The number of thioether (sulfide) groups is 1. The lowest BCUT2D eigenvalue weighted by Gasteiger charge is -2.21. The van der Waals surface area contributed by atoms with Crippen LogP contribution in [0.5, 0.6) is 0 Å². The molecule has 1 unspecified atom stereocenters. The molecule has 22 heavy (non-hydrogen) atoms. The minimum Gasteiger partial charge on any atom is -0.388 e. The monoisotopic (exact) mass is 315 g/mol. The Morgan fingerprint density at radius 3 is 2.27 bits per heavy atom. The van der Waals surface area contributed by atoms with Gasteiger partial charge in [-0.15, -0.1) is 11.8 Å². The second-order valence-electron chi connectivity index (χ2n) is 4.92. The summed E-state index contributed by atoms with van der Waals surface area (Å²) in [7, 11) is 0. The van der Waals surface area contributed by atoms with E-state index in [1.165, 1.54) is 11.8 Å². The number of carbonyl (C=O) groups excluding carboxylic acids is 1. The zero-order valence-electron chi connectivity index (χ0n) is 12.7. The van der Waals surface area contributed by atoms with Crippen LogP contribution in [-0.4, -0.2) is 29.1 Å². The summed E-state index contributed by atoms with van der Waals surface area (Å²) in [6.07, 6.45) is -0.536. The average Bonchev–Trinajstić information content (AvgIpc) is 2.57. The van der Waals surface area contributed by atoms with Gasteiger partial charge < -0.3 is 10.0 Å². The third kappa shape index (κ3) is 4.61. The topological polar surface area (TPSA) is 40.5 Å². The summed E-state index contributed by atoms with van der Waals surface area (Å²) in [6, 6.07) is 19.2. The summed E-state index contributed by atoms with van der Waals surface area (Å²) in [5, 5.41) is 10.1. The highest BCUT2D eigenvalue weighted by atomic mass is 32.2. The number of hydrogen-bond donors (Lipinski definition) is 1. The van der Waals surface area contributed by atoms with E-state index in [2.05, 4.69) is 0 Å². The second-order valence-corrected chi connectivity index (χ2v) is 5.95. The number of hydrogen-bond acceptors (Lipinski definition) is 3. The predicted molar refractivity (Wildman–Crippen MR) is 93.2 cm³/mol. The van der Waals surface area contributed by atoms with E-state index in [1.54, 1.807) is 4.90 Å². The van der Waals surface area contributed by atoms with Crippen molar-refractivity contribution in [2.75, 3.05) is 23.0 Å². The zero-order chi connectivity index (χ0) is 15.8. The van der Waals surface area contributed by atoms with Crippen LogP contribution in [0, 0.1) is 0 Å². The van der Waals surface area contributed by atoms with Crippen molar-refractivity contribution >= 4 is 23.4 Å². The molecule has 0 bridgehead atoms. The number of benzene rings is 2. The molecule has 0 aliphatic carbocycles. The maximum absolute atomic E-state index is 12.3. The third-order valence-corrected chi connectivity index (χ3v) is 4.37. The Morgan fingerprint density at radius 2 is 1.68 bits per heavy atom. The molecule has 0 aliphatic rings. The summed E-state index contributed by atoms with van der Waals surface area (Å²) in [5.74, 6) is 0.952. The minimum atomic E-state index is -0.536. The Labute approximate surface area is 136 Å². The Kier molecular flexibility index (Phi) is 6.49. The lowest BCUT2D eigenvalue weighted by molar-refractivity contribution is -0.116. The molecular weight excluding hydrogens is 294 g/mol. The van der Waals surface area contributed by atoms with Crippen molar-refractivity contribution in [2.45, 2.75) is 13.0 Å². The van der Waals surface area contributed by atoms with Crippen molar-refractivity contribution < 1.29 is 9.90 Å². The molecule has 0 aromatic heterocycles. The fourth-order valence-electron chi connectivity index (χ4n) is 2.22.